The summed E-state index contributed by atoms with van der Waals surface area (Å²) in [5, 5.41) is 81.6. The predicted octanol–water partition coefficient (Wildman–Crippen LogP) is 15.3. The number of nitrogens with one attached hydrogen (secondary N) is 2. The molecule has 6 aliphatic rings. The lowest BCUT2D eigenvalue weighted by atomic mass is 9.52. The molecule has 91 heavy (non-hydrogen) atoms. The van der Waals surface area contributed by atoms with Crippen LogP contribution in [0.15, 0.2) is 128 Å². The number of methoxy groups -OCH3 is 1. The Bertz CT molecular complexity index is 3690. The fourth-order valence-electron chi connectivity index (χ4n) is 18.1. The van der Waals surface area contributed by atoms with Crippen molar-refractivity contribution >= 4 is 59.7 Å². The van der Waals surface area contributed by atoms with Crippen LogP contribution in [-0.2, 0) is 47.9 Å². The smallest absolute Gasteiger partial charge is 0.164 e. The molecule has 13 rings (SSSR count). The lowest BCUT2D eigenvalue weighted by molar-refractivity contribution is -0.150. The fourth-order valence-corrected chi connectivity index (χ4v) is 23.7. The molecule has 8 N–H and O–H groups in total. The third-order valence-corrected chi connectivity index (χ3v) is 28.0. The van der Waals surface area contributed by atoms with E-state index in [1.54, 1.807) is 57.7 Å². The van der Waals surface area contributed by atoms with Crippen LogP contribution in [0.5, 0.6) is 28.7 Å². The van der Waals surface area contributed by atoms with Crippen molar-refractivity contribution in [2.75, 3.05) is 38.0 Å². The van der Waals surface area contributed by atoms with Gasteiger partial charge in [0.15, 0.2) is 28.8 Å². The highest BCUT2D eigenvalue weighted by atomic mass is 33.1. The van der Waals surface area contributed by atoms with Crippen molar-refractivity contribution in [3.8, 4) is 28.7 Å². The number of aromatic amines is 1. The average Bonchev–Trinajstić information content (AvgIpc) is 1.14. The van der Waals surface area contributed by atoms with Crippen LogP contribution in [0.4, 0.5) is 0 Å². The van der Waals surface area contributed by atoms with Crippen molar-refractivity contribution in [1.82, 2.24) is 10.3 Å². The number of phenolic OH excluding ortho intramolecular Hbond substituents is 3. The summed E-state index contributed by atoms with van der Waals surface area (Å²) in [5.74, 6) is -0.300. The second-order valence-corrected chi connectivity index (χ2v) is 32.8. The van der Waals surface area contributed by atoms with Gasteiger partial charge in [0.1, 0.15) is 11.9 Å². The fraction of sp³-hybridized carbons (Fsp3) is 0.487. The zero-order chi connectivity index (χ0) is 63.0. The number of benzene rings is 6. The normalized spacial score (nSPS) is 29.6. The second kappa shape index (κ2) is 27.6. The average molecular weight is 1300 g/mol. The van der Waals surface area contributed by atoms with Crippen molar-refractivity contribution in [2.24, 2.45) is 35.0 Å². The molecule has 11 nitrogen and oxygen atoms in total. The van der Waals surface area contributed by atoms with Gasteiger partial charge >= 0.3 is 0 Å². The van der Waals surface area contributed by atoms with E-state index >= 15 is 4.79 Å². The third kappa shape index (κ3) is 12.6. The van der Waals surface area contributed by atoms with Gasteiger partial charge in [-0.25, -0.2) is 0 Å². The third-order valence-electron chi connectivity index (χ3n) is 22.6. The molecule has 12 unspecified atom stereocenters. The molecule has 4 fully saturated rings. The topological polar surface area (TPSA) is 185 Å². The SMILES string of the molecule is CCc1ccc2cccc3c2c1Cc1c(ccc(O)c1OC)CC(Cc1cc[nH]c1)C(O)C1C(=O)C(c2cc(O)cc(C4(NC)CCCC(Cc5ccccc5)C4)c2)(C2CSSCC4CC5(CCCC5)CCC4Oc4cc2ccc4O)C(O)CC1CSSC3CO. The number of rotatable bonds is 11. The van der Waals surface area contributed by atoms with E-state index in [-0.39, 0.29) is 53.3 Å². The van der Waals surface area contributed by atoms with E-state index in [0.29, 0.717) is 59.2 Å². The number of H-pyrrole nitrogens is 1. The molecule has 482 valence electrons. The van der Waals surface area contributed by atoms with Crippen LogP contribution in [0.3, 0.4) is 0 Å². The lowest BCUT2D eigenvalue weighted by Crippen LogP contribution is -2.62. The number of fused-ring (bicyclic) bond motifs is 5. The van der Waals surface area contributed by atoms with Crippen molar-refractivity contribution < 1.29 is 44.9 Å². The number of ether oxygens (including phenoxy) is 2. The number of aromatic hydroxyl groups is 3. The molecule has 0 amide bonds. The number of aliphatic hydroxyl groups is 3. The molecule has 0 saturated heterocycles. The zero-order valence-electron chi connectivity index (χ0n) is 52.8. The Morgan fingerprint density at radius 3 is 2.34 bits per heavy atom. The van der Waals surface area contributed by atoms with Crippen LogP contribution < -0.4 is 14.8 Å². The highest BCUT2D eigenvalue weighted by Crippen LogP contribution is 2.59. The highest BCUT2D eigenvalue weighted by Gasteiger charge is 2.62. The molecule has 4 saturated carbocycles. The summed E-state index contributed by atoms with van der Waals surface area (Å²) in [6.07, 6.45) is 15.7. The van der Waals surface area contributed by atoms with Gasteiger partial charge in [-0.15, -0.1) is 0 Å². The van der Waals surface area contributed by atoms with Gasteiger partial charge < -0.3 is 50.4 Å². The van der Waals surface area contributed by atoms with Gasteiger partial charge in [0.25, 0.3) is 0 Å². The molecule has 1 aromatic heterocycles. The van der Waals surface area contributed by atoms with E-state index in [1.807, 2.05) is 66.6 Å². The minimum atomic E-state index is -1.77. The standard InChI is InChI=1S/C76H90N2O9S4/c1-4-49-17-18-50-15-10-16-59-67(42-79)91-90-43-54-34-68(83)76(57-35-56(36-58(80)37-57)75(77-2)27-11-14-47(39-75)30-46-12-6-5-7-13-46,62-45-89-88-44-55-40-74(25-8-9-26-74)28-23-65(55)87-66-33-52(62)20-21-63(66)81)73(85)70(54)71(84)53(31-48-24-29-78-41-48)32-51-19-22-64(82)72(86-3)61(51)38-60(49)69(50)59/h5-7,10,12-13,15-22,24,29,33,35-37,41,47,53-55,62,65,67-68,70-71,77-84H,4,8-9,11,14,23,25-28,30-32,34,38-40,42-45H2,1-3H3. The minimum absolute atomic E-state index is 0.00171. The van der Waals surface area contributed by atoms with E-state index in [2.05, 4.69) is 77.9 Å². The van der Waals surface area contributed by atoms with Gasteiger partial charge in [-0.2, -0.15) is 0 Å². The molecule has 6 aromatic carbocycles. The van der Waals surface area contributed by atoms with Crippen molar-refractivity contribution in [2.45, 2.75) is 157 Å². The first-order chi connectivity index (χ1) is 44.3. The number of phenols is 3. The molecular weight excluding hydrogens is 1210 g/mol. The number of hydrogen-bond acceptors (Lipinski definition) is 14. The number of carbonyl (C=O) groups excluding carboxylic acids is 1. The van der Waals surface area contributed by atoms with Crippen LogP contribution in [0.2, 0.25) is 0 Å². The highest BCUT2D eigenvalue weighted by molar-refractivity contribution is 8.77. The summed E-state index contributed by atoms with van der Waals surface area (Å²) in [6.45, 7) is 1.99. The number of aliphatic hydroxyl groups excluding tert-OH is 3. The molecule has 12 atom stereocenters. The summed E-state index contributed by atoms with van der Waals surface area (Å²) in [6, 6.07) is 38.1. The minimum Gasteiger partial charge on any atom is -0.508 e. The number of ketones is 1. The largest absolute Gasteiger partial charge is 0.508 e. The first-order valence-electron chi connectivity index (χ1n) is 33.4. The maximum atomic E-state index is 17.9. The monoisotopic (exact) mass is 1300 g/mol. The van der Waals surface area contributed by atoms with E-state index in [4.69, 9.17) is 9.47 Å². The predicted molar refractivity (Wildman–Crippen MR) is 372 cm³/mol. The Labute approximate surface area is 552 Å². The van der Waals surface area contributed by atoms with Gasteiger partial charge in [0.05, 0.1) is 36.6 Å². The first-order valence-corrected chi connectivity index (χ1v) is 38.3. The van der Waals surface area contributed by atoms with Crippen molar-refractivity contribution in [3.05, 3.63) is 183 Å². The number of Topliss-reactive ketones (excluding diaryl/α,β-unsaturated/α-hetero) is 1. The van der Waals surface area contributed by atoms with E-state index < -0.39 is 46.8 Å². The Hall–Kier alpha value is -5.23. The Morgan fingerprint density at radius 1 is 0.758 bits per heavy atom. The number of carbonyl (C=O) groups is 1. The Kier molecular flexibility index (Phi) is 19.6. The summed E-state index contributed by atoms with van der Waals surface area (Å²) in [4.78, 5) is 21.2. The van der Waals surface area contributed by atoms with Crippen LogP contribution >= 0.6 is 43.2 Å². The van der Waals surface area contributed by atoms with Gasteiger partial charge in [0.2, 0.25) is 0 Å². The molecular formula is C76H90N2O9S4. The summed E-state index contributed by atoms with van der Waals surface area (Å²) >= 11 is 0. The van der Waals surface area contributed by atoms with Crippen molar-refractivity contribution in [1.29, 1.82) is 0 Å². The first kappa shape index (κ1) is 64.5. The van der Waals surface area contributed by atoms with Gasteiger partial charge in [-0.3, -0.25) is 4.79 Å². The van der Waals surface area contributed by atoms with Gasteiger partial charge in [0, 0.05) is 64.9 Å². The number of hydrogen-bond donors (Lipinski definition) is 8. The van der Waals surface area contributed by atoms with Crippen LogP contribution in [0.25, 0.3) is 10.8 Å². The lowest BCUT2D eigenvalue weighted by Gasteiger charge is -2.53. The van der Waals surface area contributed by atoms with Gasteiger partial charge in [-0.05, 0) is 211 Å². The Balaban J connectivity index is 0.992. The van der Waals surface area contributed by atoms with E-state index in [0.717, 1.165) is 119 Å². The van der Waals surface area contributed by atoms with Gasteiger partial charge in [-0.1, -0.05) is 148 Å². The Morgan fingerprint density at radius 2 is 1.56 bits per heavy atom. The molecule has 4 aliphatic carbocycles. The summed E-state index contributed by atoms with van der Waals surface area (Å²) < 4.78 is 13.3. The molecule has 2 aliphatic heterocycles. The van der Waals surface area contributed by atoms with Crippen LogP contribution in [-0.4, -0.2) is 97.7 Å². The van der Waals surface area contributed by atoms with Crippen LogP contribution in [0.1, 0.15) is 151 Å². The zero-order valence-corrected chi connectivity index (χ0v) is 56.1. The summed E-state index contributed by atoms with van der Waals surface area (Å²) in [7, 11) is 10.3. The maximum absolute atomic E-state index is 17.9. The molecule has 1 spiro atoms. The molecule has 3 heterocycles. The second-order valence-electron chi connectivity index (χ2n) is 27.6. The number of aryl methyl sites for hydroxylation is 1. The van der Waals surface area contributed by atoms with Crippen molar-refractivity contribution in [3.63, 3.8) is 0 Å². The molecule has 2 bridgehead atoms. The molecule has 15 heteroatoms. The quantitative estimate of drug-likeness (QED) is 0.0572. The van der Waals surface area contributed by atoms with Crippen LogP contribution in [0, 0.1) is 35.0 Å². The molecule has 7 aromatic rings. The van der Waals surface area contributed by atoms with E-state index in [1.165, 1.54) is 31.2 Å². The maximum Gasteiger partial charge on any atom is 0.164 e. The van der Waals surface area contributed by atoms with E-state index in [9.17, 15) is 30.6 Å². The number of aromatic nitrogens is 1. The summed E-state index contributed by atoms with van der Waals surface area (Å²) in [5.41, 5.74) is 7.16. The molecule has 0 radical (unpaired) electrons.